The zero-order valence-corrected chi connectivity index (χ0v) is 69.6. The van der Waals surface area contributed by atoms with Crippen molar-refractivity contribution in [2.24, 2.45) is 17.8 Å². The predicted molar refractivity (Wildman–Crippen MR) is 420 cm³/mol. The molecule has 1 aromatic carbocycles. The van der Waals surface area contributed by atoms with Gasteiger partial charge in [0.15, 0.2) is 30.9 Å². The Morgan fingerprint density at radius 1 is 0.405 bits per heavy atom. The molecule has 4 aliphatic heterocycles. The fourth-order valence-corrected chi connectivity index (χ4v) is 13.8. The molecule has 0 bridgehead atoms. The molecule has 4 saturated heterocycles. The fraction of sp³-hybridized carbons (Fsp3) is 0.797. The van der Waals surface area contributed by atoms with Gasteiger partial charge in [0.25, 0.3) is 0 Å². The van der Waals surface area contributed by atoms with E-state index in [0.717, 1.165) is 5.56 Å². The summed E-state index contributed by atoms with van der Waals surface area (Å²) in [6.07, 6.45) is -22.1. The van der Waals surface area contributed by atoms with Crippen LogP contribution in [0.3, 0.4) is 0 Å². The summed E-state index contributed by atoms with van der Waals surface area (Å²) in [6.45, 7) is 3.73. The molecule has 0 aliphatic carbocycles. The van der Waals surface area contributed by atoms with E-state index in [1.807, 2.05) is 13.0 Å². The van der Waals surface area contributed by atoms with E-state index in [0.29, 0.717) is 17.7 Å². The van der Waals surface area contributed by atoms with Crippen molar-refractivity contribution >= 4 is 64.4 Å². The third kappa shape index (κ3) is 36.9. The molecule has 4 unspecified atom stereocenters. The first-order valence-electron chi connectivity index (χ1n) is 41.4. The van der Waals surface area contributed by atoms with Gasteiger partial charge in [-0.25, -0.2) is 0 Å². The molecule has 42 nitrogen and oxygen atoms in total. The number of anilines is 1. The average Bonchev–Trinajstić information content (AvgIpc) is 0.815. The SMILES string of the molecule is CCc1cc(CO)cc(NC(=O)CCCCC(=O)C[C@H](CCC(=O)N[C@H](CCC(=O)NCCOCCOC2O[C@H](CO)[C@H](O)[C@H](O)[C@H]2NC(C)=O)C(=O)CCCOCCOC2O[C@H](CO)[C@H](O)[C@H](O)[C@H]2NC(C)=O)C(=O)N[C@H](CCC(=O)CCCOCCOC2O[C@H](CO)[C@H](O)[C@H](O)[C@H]2C)C(=O)NCCOCCOC2O[C@H](CO)[C@H](O)[C@H](O)[C@H]2C)c1. The Morgan fingerprint density at radius 2 is 0.835 bits per heavy atom. The van der Waals surface area contributed by atoms with E-state index in [1.165, 1.54) is 13.8 Å². The van der Waals surface area contributed by atoms with Crippen LogP contribution in [0.25, 0.3) is 0 Å². The minimum absolute atomic E-state index is 0.00543. The molecule has 4 heterocycles. The predicted octanol–water partition coefficient (Wildman–Crippen LogP) is -5.77. The molecule has 692 valence electrons. The highest BCUT2D eigenvalue weighted by Gasteiger charge is 2.48. The minimum atomic E-state index is -1.57. The number of amides is 7. The molecule has 1 aromatic rings. The smallest absolute Gasteiger partial charge is 0.242 e. The lowest BCUT2D eigenvalue weighted by Crippen LogP contribution is -2.64. The molecule has 0 saturated carbocycles. The van der Waals surface area contributed by atoms with E-state index in [1.54, 1.807) is 26.0 Å². The van der Waals surface area contributed by atoms with E-state index >= 15 is 0 Å². The normalized spacial score (nSPS) is 27.5. The van der Waals surface area contributed by atoms with Crippen molar-refractivity contribution < 1.29 is 171 Å². The number of aryl methyl sites for hydroxylation is 1. The molecule has 42 heteroatoms. The number of ketones is 3. The third-order valence-corrected chi connectivity index (χ3v) is 20.8. The summed E-state index contributed by atoms with van der Waals surface area (Å²) < 4.78 is 67.7. The molecule has 7 amide bonds. The lowest BCUT2D eigenvalue weighted by atomic mass is 9.92. The largest absolute Gasteiger partial charge is 0.394 e. The standard InChI is InChI=1S/C79H131N7O35/c1-6-48-35-49(39-87)37-51(36-48)84-62(98)14-8-7-11-53(95)38-50(74(108)86-55(75(109)81-22-26-113-29-32-115-77-45(3)67(101)69(103)58(41-89)119-77)17-16-52(94)12-9-23-110-27-31-114-76-44(2)66(100)68(102)57(40-88)118-76)15-19-63(99)85-54(56(96)13-10-24-111-28-33-116-78-64(82-46(4)92)72(106)70(104)59(42-90)120-78)18-20-61(97)80-21-25-112-30-34-117-79-65(83-47(5)93)73(107)71(105)60(43-91)121-79/h35-37,44-45,50,54-55,57-60,64-73,76-79,87-91,100-107H,6-34,38-43H2,1-5H3,(H,80,97)(H,81,109)(H,82,92)(H,83,93)(H,84,98)(H,85,99)(H,86,108)/t44-,45-,50+,54-,55-,57-,58-,59-,60-,64-,65-,66-,67-,68+,69+,70+,71+,72-,73-,76?,77?,78?,79?/m1/s1. The summed E-state index contributed by atoms with van der Waals surface area (Å²) in [4.78, 5) is 135. The summed E-state index contributed by atoms with van der Waals surface area (Å²) in [5.74, 6) is -8.52. The number of hydrogen-bond acceptors (Lipinski definition) is 35. The van der Waals surface area contributed by atoms with Gasteiger partial charge in [-0.3, -0.25) is 47.9 Å². The first-order chi connectivity index (χ1) is 57.9. The van der Waals surface area contributed by atoms with E-state index in [2.05, 4.69) is 37.2 Å². The fourth-order valence-electron chi connectivity index (χ4n) is 13.8. The van der Waals surface area contributed by atoms with Crippen molar-refractivity contribution in [2.75, 3.05) is 124 Å². The van der Waals surface area contributed by atoms with Gasteiger partial charge in [-0.1, -0.05) is 26.8 Å². The number of aliphatic hydroxyl groups excluding tert-OH is 13. The maximum Gasteiger partial charge on any atom is 0.242 e. The number of benzene rings is 1. The van der Waals surface area contributed by atoms with E-state index < -0.39 is 227 Å². The first-order valence-corrected chi connectivity index (χ1v) is 41.4. The lowest BCUT2D eigenvalue weighted by Gasteiger charge is -2.42. The van der Waals surface area contributed by atoms with Crippen LogP contribution >= 0.6 is 0 Å². The van der Waals surface area contributed by atoms with Gasteiger partial charge >= 0.3 is 0 Å². The topological polar surface area (TPSA) is 629 Å². The van der Waals surface area contributed by atoms with Crippen LogP contribution in [0.5, 0.6) is 0 Å². The highest BCUT2D eigenvalue weighted by Crippen LogP contribution is 2.30. The molecule has 20 N–H and O–H groups in total. The summed E-state index contributed by atoms with van der Waals surface area (Å²) in [5.41, 5.74) is 1.96. The molecule has 0 aromatic heterocycles. The second-order valence-corrected chi connectivity index (χ2v) is 30.3. The Bertz CT molecular complexity index is 3250. The van der Waals surface area contributed by atoms with E-state index in [4.69, 9.17) is 56.8 Å². The van der Waals surface area contributed by atoms with Crippen LogP contribution in [-0.4, -0.2) is 366 Å². The second-order valence-electron chi connectivity index (χ2n) is 30.3. The molecule has 4 fully saturated rings. The Morgan fingerprint density at radius 3 is 1.32 bits per heavy atom. The number of unbranched alkanes of at least 4 members (excludes halogenated alkanes) is 1. The maximum absolute atomic E-state index is 14.8. The summed E-state index contributed by atoms with van der Waals surface area (Å²) in [7, 11) is 0. The van der Waals surface area contributed by atoms with Crippen LogP contribution in [0, 0.1) is 17.8 Å². The van der Waals surface area contributed by atoms with Crippen LogP contribution in [0.4, 0.5) is 5.69 Å². The summed E-state index contributed by atoms with van der Waals surface area (Å²) in [6, 6.07) is 0.0377. The molecule has 121 heavy (non-hydrogen) atoms. The van der Waals surface area contributed by atoms with Gasteiger partial charge < -0.3 is 160 Å². The van der Waals surface area contributed by atoms with Crippen LogP contribution in [-0.2, 0) is 118 Å². The maximum atomic E-state index is 14.8. The quantitative estimate of drug-likeness (QED) is 0.0270. The molecule has 5 rings (SSSR count). The lowest BCUT2D eigenvalue weighted by molar-refractivity contribution is -0.284. The van der Waals surface area contributed by atoms with E-state index in [-0.39, 0.29) is 194 Å². The Hall–Kier alpha value is -6.48. The van der Waals surface area contributed by atoms with Crippen LogP contribution in [0.15, 0.2) is 18.2 Å². The molecular formula is C79H131N7O35. The zero-order valence-electron chi connectivity index (χ0n) is 69.6. The number of ether oxygens (including phenoxy) is 12. The van der Waals surface area contributed by atoms with Crippen LogP contribution in [0.1, 0.15) is 142 Å². The monoisotopic (exact) mass is 1740 g/mol. The number of nitrogens with one attached hydrogen (secondary N) is 7. The second kappa shape index (κ2) is 57.2. The molecule has 0 spiro atoms. The number of rotatable bonds is 60. The summed E-state index contributed by atoms with van der Waals surface area (Å²) in [5, 5.41) is 150. The molecule has 0 radical (unpaired) electrons. The average molecular weight is 1740 g/mol. The molecule has 4 aliphatic rings. The molecular weight excluding hydrogens is 1610 g/mol. The van der Waals surface area contributed by atoms with Gasteiger partial charge in [0.2, 0.25) is 41.4 Å². The highest BCUT2D eigenvalue weighted by atomic mass is 16.7. The van der Waals surface area contributed by atoms with Crippen molar-refractivity contribution in [3.63, 3.8) is 0 Å². The van der Waals surface area contributed by atoms with Crippen LogP contribution < -0.4 is 37.2 Å². The number of aliphatic hydroxyl groups is 13. The van der Waals surface area contributed by atoms with Gasteiger partial charge in [-0.05, 0) is 74.6 Å². The Kier molecular flexibility index (Phi) is 49.7. The van der Waals surface area contributed by atoms with Crippen molar-refractivity contribution in [3.05, 3.63) is 29.3 Å². The van der Waals surface area contributed by atoms with Gasteiger partial charge in [-0.15, -0.1) is 0 Å². The van der Waals surface area contributed by atoms with Gasteiger partial charge in [-0.2, -0.15) is 0 Å². The Labute approximate surface area is 702 Å². The molecule has 23 atom stereocenters. The van der Waals surface area contributed by atoms with Crippen LogP contribution in [0.2, 0.25) is 0 Å². The van der Waals surface area contributed by atoms with Gasteiger partial charge in [0.05, 0.1) is 117 Å². The zero-order chi connectivity index (χ0) is 89.1. The van der Waals surface area contributed by atoms with Crippen molar-refractivity contribution in [1.82, 2.24) is 31.9 Å². The highest BCUT2D eigenvalue weighted by molar-refractivity contribution is 5.93. The van der Waals surface area contributed by atoms with Crippen molar-refractivity contribution in [1.29, 1.82) is 0 Å². The number of hydrogen-bond donors (Lipinski definition) is 20. The third-order valence-electron chi connectivity index (χ3n) is 20.8. The summed E-state index contributed by atoms with van der Waals surface area (Å²) >= 11 is 0. The number of carbonyl (C=O) groups excluding carboxylic acids is 10. The van der Waals surface area contributed by atoms with Crippen molar-refractivity contribution in [2.45, 2.75) is 267 Å². The number of carbonyl (C=O) groups is 10. The van der Waals surface area contributed by atoms with E-state index in [9.17, 15) is 114 Å². The van der Waals surface area contributed by atoms with Crippen molar-refractivity contribution in [3.8, 4) is 0 Å². The number of Topliss-reactive ketones (excluding diaryl/α,β-unsaturated/α-hetero) is 3. The first kappa shape index (κ1) is 105. The minimum Gasteiger partial charge on any atom is -0.394 e. The van der Waals surface area contributed by atoms with Gasteiger partial charge in [0, 0.05) is 115 Å². The Balaban J connectivity index is 1.29. The van der Waals surface area contributed by atoms with Gasteiger partial charge in [0.1, 0.15) is 90.7 Å².